The number of pyridine rings is 1. The summed E-state index contributed by atoms with van der Waals surface area (Å²) in [5.74, 6) is -1.07. The molecule has 1 N–H and O–H groups in total. The van der Waals surface area contributed by atoms with Gasteiger partial charge in [-0.15, -0.1) is 0 Å². The van der Waals surface area contributed by atoms with E-state index in [0.29, 0.717) is 11.3 Å². The van der Waals surface area contributed by atoms with Crippen LogP contribution in [-0.4, -0.2) is 20.7 Å². The van der Waals surface area contributed by atoms with Gasteiger partial charge in [0.25, 0.3) is 5.91 Å². The van der Waals surface area contributed by atoms with E-state index in [1.54, 1.807) is 0 Å². The van der Waals surface area contributed by atoms with Crippen molar-refractivity contribution < 1.29 is 14.6 Å². The molecule has 0 aromatic carbocycles. The molecule has 0 aliphatic carbocycles. The van der Waals surface area contributed by atoms with Gasteiger partial charge in [-0.1, -0.05) is 22.9 Å². The summed E-state index contributed by atoms with van der Waals surface area (Å²) in [7, 11) is 0. The standard InChI is InChI=1S/C10H5ClN4O5S/c11-7-3-1-5(14(17)18)9(12-7)13-10(16)6-2-4-8(21-6)15(19)20/h1-4H,(H,12,13,16). The van der Waals surface area contributed by atoms with Crippen molar-refractivity contribution in [1.82, 2.24) is 4.98 Å². The number of halogens is 1. The molecule has 0 radical (unpaired) electrons. The van der Waals surface area contributed by atoms with Crippen LogP contribution in [0.5, 0.6) is 0 Å². The highest BCUT2D eigenvalue weighted by molar-refractivity contribution is 7.17. The summed E-state index contributed by atoms with van der Waals surface area (Å²) < 4.78 is 0. The highest BCUT2D eigenvalue weighted by atomic mass is 35.5. The molecule has 2 heterocycles. The summed E-state index contributed by atoms with van der Waals surface area (Å²) in [5, 5.41) is 23.3. The molecule has 0 bridgehead atoms. The molecule has 11 heteroatoms. The van der Waals surface area contributed by atoms with Gasteiger partial charge in [-0.25, -0.2) is 4.98 Å². The van der Waals surface area contributed by atoms with Gasteiger partial charge in [0.2, 0.25) is 5.82 Å². The number of anilines is 1. The zero-order valence-corrected chi connectivity index (χ0v) is 11.6. The molecule has 2 aromatic rings. The monoisotopic (exact) mass is 328 g/mol. The van der Waals surface area contributed by atoms with Crippen LogP contribution in [0.1, 0.15) is 9.67 Å². The van der Waals surface area contributed by atoms with Crippen molar-refractivity contribution >= 4 is 45.4 Å². The Morgan fingerprint density at radius 3 is 2.48 bits per heavy atom. The van der Waals surface area contributed by atoms with Crippen molar-refractivity contribution in [3.8, 4) is 0 Å². The van der Waals surface area contributed by atoms with E-state index in [1.807, 2.05) is 0 Å². The third-order valence-electron chi connectivity index (χ3n) is 2.26. The second-order valence-corrected chi connectivity index (χ2v) is 5.06. The zero-order chi connectivity index (χ0) is 15.6. The van der Waals surface area contributed by atoms with Gasteiger partial charge in [0.1, 0.15) is 5.15 Å². The average Bonchev–Trinajstić information content (AvgIpc) is 2.88. The van der Waals surface area contributed by atoms with Crippen molar-refractivity contribution in [2.45, 2.75) is 0 Å². The number of nitrogens with zero attached hydrogens (tertiary/aromatic N) is 3. The third kappa shape index (κ3) is 3.30. The predicted molar refractivity (Wildman–Crippen MR) is 74.8 cm³/mol. The maximum Gasteiger partial charge on any atom is 0.324 e. The smallest absolute Gasteiger partial charge is 0.300 e. The fourth-order valence-electron chi connectivity index (χ4n) is 1.38. The Hall–Kier alpha value is -2.59. The van der Waals surface area contributed by atoms with Gasteiger partial charge >= 0.3 is 10.7 Å². The number of amides is 1. The first-order valence-electron chi connectivity index (χ1n) is 5.25. The molecule has 108 valence electrons. The minimum Gasteiger partial charge on any atom is -0.300 e. The zero-order valence-electron chi connectivity index (χ0n) is 9.98. The lowest BCUT2D eigenvalue weighted by Crippen LogP contribution is -2.13. The molecule has 0 saturated heterocycles. The lowest BCUT2D eigenvalue weighted by molar-refractivity contribution is -0.384. The Morgan fingerprint density at radius 2 is 1.90 bits per heavy atom. The van der Waals surface area contributed by atoms with E-state index in [-0.39, 0.29) is 20.8 Å². The molecule has 0 spiro atoms. The second kappa shape index (κ2) is 5.81. The molecule has 0 aliphatic heterocycles. The van der Waals surface area contributed by atoms with Crippen LogP contribution in [0.4, 0.5) is 16.5 Å². The fraction of sp³-hybridized carbons (Fsp3) is 0. The van der Waals surface area contributed by atoms with Crippen LogP contribution in [0.15, 0.2) is 24.3 Å². The summed E-state index contributed by atoms with van der Waals surface area (Å²) in [4.78, 5) is 35.6. The minimum atomic E-state index is -0.744. The van der Waals surface area contributed by atoms with Gasteiger partial charge in [-0.05, 0) is 12.1 Å². The van der Waals surface area contributed by atoms with Gasteiger partial charge in [0.05, 0.1) is 14.7 Å². The lowest BCUT2D eigenvalue weighted by atomic mass is 10.3. The number of hydrogen-bond acceptors (Lipinski definition) is 7. The van der Waals surface area contributed by atoms with E-state index in [9.17, 15) is 25.0 Å². The number of rotatable bonds is 4. The predicted octanol–water partition coefficient (Wildman–Crippen LogP) is 2.87. The van der Waals surface area contributed by atoms with Gasteiger partial charge in [-0.3, -0.25) is 25.0 Å². The van der Waals surface area contributed by atoms with Crippen LogP contribution in [0, 0.1) is 20.2 Å². The van der Waals surface area contributed by atoms with Crippen molar-refractivity contribution in [1.29, 1.82) is 0 Å². The minimum absolute atomic E-state index is 0.0257. The maximum atomic E-state index is 11.9. The Kier molecular flexibility index (Phi) is 4.10. The third-order valence-corrected chi connectivity index (χ3v) is 3.51. The fourth-order valence-corrected chi connectivity index (χ4v) is 2.25. The Labute approximate surface area is 125 Å². The van der Waals surface area contributed by atoms with E-state index in [1.165, 1.54) is 18.2 Å². The summed E-state index contributed by atoms with van der Waals surface area (Å²) in [6.07, 6.45) is 0. The number of thiophene rings is 1. The summed E-state index contributed by atoms with van der Waals surface area (Å²) in [6, 6.07) is 4.72. The van der Waals surface area contributed by atoms with Crippen molar-refractivity contribution in [3.63, 3.8) is 0 Å². The van der Waals surface area contributed by atoms with Crippen LogP contribution in [-0.2, 0) is 0 Å². The summed E-state index contributed by atoms with van der Waals surface area (Å²) >= 11 is 6.27. The van der Waals surface area contributed by atoms with Crippen LogP contribution in [0.25, 0.3) is 0 Å². The molecule has 0 unspecified atom stereocenters. The molecule has 0 saturated carbocycles. The topological polar surface area (TPSA) is 128 Å². The van der Waals surface area contributed by atoms with Gasteiger partial charge in [0.15, 0.2) is 0 Å². The lowest BCUT2D eigenvalue weighted by Gasteiger charge is -2.03. The summed E-state index contributed by atoms with van der Waals surface area (Å²) in [6.45, 7) is 0. The number of nitrogens with one attached hydrogen (secondary N) is 1. The number of hydrogen-bond donors (Lipinski definition) is 1. The Morgan fingerprint density at radius 1 is 1.19 bits per heavy atom. The quantitative estimate of drug-likeness (QED) is 0.522. The molecule has 1 amide bonds. The van der Waals surface area contributed by atoms with Crippen LogP contribution in [0.3, 0.4) is 0 Å². The van der Waals surface area contributed by atoms with E-state index in [4.69, 9.17) is 11.6 Å². The first-order valence-corrected chi connectivity index (χ1v) is 6.44. The van der Waals surface area contributed by atoms with Crippen molar-refractivity contribution in [3.05, 3.63) is 54.5 Å². The van der Waals surface area contributed by atoms with Gasteiger partial charge in [0, 0.05) is 12.1 Å². The van der Waals surface area contributed by atoms with E-state index >= 15 is 0 Å². The molecule has 0 aliphatic rings. The van der Waals surface area contributed by atoms with Crippen LogP contribution < -0.4 is 5.32 Å². The molecule has 0 atom stereocenters. The van der Waals surface area contributed by atoms with Crippen LogP contribution in [0.2, 0.25) is 5.15 Å². The molecule has 2 aromatic heterocycles. The highest BCUT2D eigenvalue weighted by Crippen LogP contribution is 2.27. The first-order chi connectivity index (χ1) is 9.88. The number of carbonyl (C=O) groups excluding carboxylic acids is 1. The van der Waals surface area contributed by atoms with E-state index in [2.05, 4.69) is 10.3 Å². The molecule has 0 fully saturated rings. The van der Waals surface area contributed by atoms with Crippen molar-refractivity contribution in [2.75, 3.05) is 5.32 Å². The normalized spacial score (nSPS) is 10.1. The average molecular weight is 329 g/mol. The molecule has 9 nitrogen and oxygen atoms in total. The molecular weight excluding hydrogens is 324 g/mol. The Bertz CT molecular complexity index is 747. The number of nitro groups is 2. The largest absolute Gasteiger partial charge is 0.324 e. The van der Waals surface area contributed by atoms with E-state index in [0.717, 1.165) is 6.07 Å². The van der Waals surface area contributed by atoms with Gasteiger partial charge in [-0.2, -0.15) is 0 Å². The van der Waals surface area contributed by atoms with E-state index < -0.39 is 21.4 Å². The van der Waals surface area contributed by atoms with Crippen LogP contribution >= 0.6 is 22.9 Å². The molecular formula is C10H5ClN4O5S. The first kappa shape index (κ1) is 14.8. The number of carbonyl (C=O) groups is 1. The van der Waals surface area contributed by atoms with Gasteiger partial charge < -0.3 is 5.32 Å². The van der Waals surface area contributed by atoms with Crippen molar-refractivity contribution in [2.24, 2.45) is 0 Å². The molecule has 21 heavy (non-hydrogen) atoms. The summed E-state index contributed by atoms with van der Waals surface area (Å²) in [5.41, 5.74) is -0.432. The number of aromatic nitrogens is 1. The highest BCUT2D eigenvalue weighted by Gasteiger charge is 2.21. The molecule has 2 rings (SSSR count). The Balaban J connectivity index is 2.28. The SMILES string of the molecule is O=C(Nc1nc(Cl)ccc1[N+](=O)[O-])c1ccc([N+](=O)[O-])s1. The second-order valence-electron chi connectivity index (χ2n) is 3.61. The maximum absolute atomic E-state index is 11.9.